The van der Waals surface area contributed by atoms with E-state index in [1.54, 1.807) is 41.1 Å². The van der Waals surface area contributed by atoms with E-state index < -0.39 is 0 Å². The number of aryl methyl sites for hydroxylation is 1. The highest BCUT2D eigenvalue weighted by Gasteiger charge is 2.14. The number of carbonyl (C=O) groups is 1. The van der Waals surface area contributed by atoms with Gasteiger partial charge in [-0.25, -0.2) is 0 Å². The minimum absolute atomic E-state index is 0.281. The number of ether oxygens (including phenoxy) is 1. The number of nitrogens with one attached hydrogen (secondary N) is 1. The fourth-order valence-corrected chi connectivity index (χ4v) is 3.03. The summed E-state index contributed by atoms with van der Waals surface area (Å²) in [5, 5.41) is 8.40. The maximum Gasteiger partial charge on any atom is 0.260 e. The van der Waals surface area contributed by atoms with Crippen molar-refractivity contribution in [3.8, 4) is 5.75 Å². The lowest BCUT2D eigenvalue weighted by atomic mass is 10.2. The van der Waals surface area contributed by atoms with Gasteiger partial charge in [0.05, 0.1) is 19.2 Å². The van der Waals surface area contributed by atoms with Crippen molar-refractivity contribution in [2.24, 2.45) is 0 Å². The highest BCUT2D eigenvalue weighted by molar-refractivity contribution is 6.35. The van der Waals surface area contributed by atoms with E-state index in [9.17, 15) is 4.79 Å². The first-order valence-corrected chi connectivity index (χ1v) is 8.66. The summed E-state index contributed by atoms with van der Waals surface area (Å²) in [5.41, 5.74) is 2.24. The second-order valence-corrected chi connectivity index (χ2v) is 6.56. The molecule has 3 rings (SSSR count). The number of methoxy groups -OCH3 is 1. The Morgan fingerprint density at radius 2 is 1.96 bits per heavy atom. The molecule has 5 nitrogen and oxygen atoms in total. The lowest BCUT2D eigenvalue weighted by Gasteiger charge is -2.08. The predicted octanol–water partition coefficient (Wildman–Crippen LogP) is 4.81. The van der Waals surface area contributed by atoms with E-state index in [-0.39, 0.29) is 5.91 Å². The predicted molar refractivity (Wildman–Crippen MR) is 103 cm³/mol. The summed E-state index contributed by atoms with van der Waals surface area (Å²) in [6.07, 6.45) is 0. The molecule has 2 aromatic carbocycles. The maximum atomic E-state index is 12.5. The van der Waals surface area contributed by atoms with Crippen LogP contribution in [0.2, 0.25) is 10.0 Å². The summed E-state index contributed by atoms with van der Waals surface area (Å²) in [7, 11) is 1.53. The van der Waals surface area contributed by atoms with Gasteiger partial charge in [-0.2, -0.15) is 5.10 Å². The van der Waals surface area contributed by atoms with Gasteiger partial charge in [0.25, 0.3) is 5.91 Å². The first-order chi connectivity index (χ1) is 12.5. The van der Waals surface area contributed by atoms with Crippen LogP contribution in [0.5, 0.6) is 5.75 Å². The number of rotatable bonds is 5. The molecular weight excluding hydrogens is 373 g/mol. The minimum Gasteiger partial charge on any atom is -0.496 e. The molecule has 0 unspecified atom stereocenters. The molecule has 0 saturated carbocycles. The molecule has 1 heterocycles. The molecule has 0 radical (unpaired) electrons. The lowest BCUT2D eigenvalue weighted by Crippen LogP contribution is -2.14. The average molecular weight is 390 g/mol. The average Bonchev–Trinajstić information content (AvgIpc) is 2.96. The smallest absolute Gasteiger partial charge is 0.260 e. The van der Waals surface area contributed by atoms with Crippen molar-refractivity contribution in [3.05, 3.63) is 75.4 Å². The number of halogens is 2. The third-order valence-electron chi connectivity index (χ3n) is 3.91. The highest BCUT2D eigenvalue weighted by atomic mass is 35.5. The Morgan fingerprint density at radius 3 is 2.69 bits per heavy atom. The van der Waals surface area contributed by atoms with E-state index in [0.717, 1.165) is 11.3 Å². The summed E-state index contributed by atoms with van der Waals surface area (Å²) in [4.78, 5) is 12.5. The summed E-state index contributed by atoms with van der Waals surface area (Å²) in [6.45, 7) is 2.39. The van der Waals surface area contributed by atoms with Crippen molar-refractivity contribution in [2.45, 2.75) is 13.5 Å². The quantitative estimate of drug-likeness (QED) is 0.681. The van der Waals surface area contributed by atoms with Crippen LogP contribution in [0.25, 0.3) is 0 Å². The normalized spacial score (nSPS) is 10.6. The number of amides is 1. The minimum atomic E-state index is -0.281. The van der Waals surface area contributed by atoms with Crippen molar-refractivity contribution < 1.29 is 9.53 Å². The largest absolute Gasteiger partial charge is 0.496 e. The lowest BCUT2D eigenvalue weighted by molar-refractivity contribution is 0.102. The molecule has 26 heavy (non-hydrogen) atoms. The highest BCUT2D eigenvalue weighted by Crippen LogP contribution is 2.23. The van der Waals surface area contributed by atoms with Gasteiger partial charge in [-0.05, 0) is 36.8 Å². The zero-order valence-corrected chi connectivity index (χ0v) is 15.8. The van der Waals surface area contributed by atoms with E-state index in [1.807, 2.05) is 19.1 Å². The summed E-state index contributed by atoms with van der Waals surface area (Å²) in [5.74, 6) is 0.689. The molecule has 0 aliphatic rings. The number of hydrogen-bond donors (Lipinski definition) is 1. The molecule has 0 fully saturated rings. The Morgan fingerprint density at radius 1 is 1.19 bits per heavy atom. The fourth-order valence-electron chi connectivity index (χ4n) is 2.56. The number of hydrogen-bond acceptors (Lipinski definition) is 3. The van der Waals surface area contributed by atoms with Crippen molar-refractivity contribution in [2.75, 3.05) is 12.4 Å². The molecule has 1 amide bonds. The van der Waals surface area contributed by atoms with Crippen LogP contribution in [0.3, 0.4) is 0 Å². The zero-order chi connectivity index (χ0) is 18.7. The van der Waals surface area contributed by atoms with E-state index in [4.69, 9.17) is 27.9 Å². The third-order valence-corrected chi connectivity index (χ3v) is 4.50. The number of nitrogens with zero attached hydrogens (tertiary/aromatic N) is 2. The number of anilines is 1. The molecule has 0 atom stereocenters. The van der Waals surface area contributed by atoms with Crippen LogP contribution in [0.1, 0.15) is 21.6 Å². The summed E-state index contributed by atoms with van der Waals surface area (Å²) >= 11 is 12.2. The third kappa shape index (κ3) is 4.00. The Kier molecular flexibility index (Phi) is 5.49. The number of aromatic nitrogens is 2. The van der Waals surface area contributed by atoms with Crippen LogP contribution in [-0.4, -0.2) is 22.8 Å². The second kappa shape index (κ2) is 7.81. The molecule has 0 bridgehead atoms. The molecule has 0 aliphatic carbocycles. The standard InChI is InChI=1S/C19H17Cl2N3O2/c1-12-9-18(22-19(25)15-5-3-4-6-17(15)26-2)23-24(12)11-13-7-8-14(20)10-16(13)21/h3-10H,11H2,1-2H3,(H,22,23,25). The molecular formula is C19H17Cl2N3O2. The summed E-state index contributed by atoms with van der Waals surface area (Å²) < 4.78 is 6.99. The van der Waals surface area contributed by atoms with Gasteiger partial charge in [-0.1, -0.05) is 41.4 Å². The van der Waals surface area contributed by atoms with Crippen LogP contribution in [0.4, 0.5) is 5.82 Å². The van der Waals surface area contributed by atoms with Crippen molar-refractivity contribution in [1.29, 1.82) is 0 Å². The number of para-hydroxylation sites is 1. The van der Waals surface area contributed by atoms with Gasteiger partial charge in [0.15, 0.2) is 5.82 Å². The first kappa shape index (κ1) is 18.3. The van der Waals surface area contributed by atoms with E-state index in [0.29, 0.717) is 33.7 Å². The molecule has 134 valence electrons. The Hall–Kier alpha value is -2.50. The van der Waals surface area contributed by atoms with E-state index in [2.05, 4.69) is 10.4 Å². The van der Waals surface area contributed by atoms with Crippen molar-refractivity contribution in [3.63, 3.8) is 0 Å². The van der Waals surface area contributed by atoms with Gasteiger partial charge in [0, 0.05) is 21.8 Å². The first-order valence-electron chi connectivity index (χ1n) is 7.90. The van der Waals surface area contributed by atoms with Crippen LogP contribution < -0.4 is 10.1 Å². The van der Waals surface area contributed by atoms with Crippen molar-refractivity contribution >= 4 is 34.9 Å². The van der Waals surface area contributed by atoms with Gasteiger partial charge in [0.2, 0.25) is 0 Å². The van der Waals surface area contributed by atoms with E-state index >= 15 is 0 Å². The molecule has 7 heteroatoms. The maximum absolute atomic E-state index is 12.5. The van der Waals surface area contributed by atoms with Gasteiger partial charge in [0.1, 0.15) is 5.75 Å². The van der Waals surface area contributed by atoms with Crippen LogP contribution in [0.15, 0.2) is 48.5 Å². The summed E-state index contributed by atoms with van der Waals surface area (Å²) in [6, 6.07) is 14.2. The van der Waals surface area contributed by atoms with Crippen LogP contribution >= 0.6 is 23.2 Å². The zero-order valence-electron chi connectivity index (χ0n) is 14.3. The van der Waals surface area contributed by atoms with Gasteiger partial charge >= 0.3 is 0 Å². The molecule has 0 spiro atoms. The van der Waals surface area contributed by atoms with Gasteiger partial charge in [-0.3, -0.25) is 9.48 Å². The number of benzene rings is 2. The Bertz CT molecular complexity index is 954. The Balaban J connectivity index is 1.78. The topological polar surface area (TPSA) is 56.1 Å². The van der Waals surface area contributed by atoms with Gasteiger partial charge in [-0.15, -0.1) is 0 Å². The fraction of sp³-hybridized carbons (Fsp3) is 0.158. The molecule has 0 aliphatic heterocycles. The van der Waals surface area contributed by atoms with Crippen LogP contribution in [0, 0.1) is 6.92 Å². The Labute approximate surface area is 161 Å². The number of carbonyl (C=O) groups excluding carboxylic acids is 1. The van der Waals surface area contributed by atoms with Crippen LogP contribution in [-0.2, 0) is 6.54 Å². The molecule has 0 saturated heterocycles. The SMILES string of the molecule is COc1ccccc1C(=O)Nc1cc(C)n(Cc2ccc(Cl)cc2Cl)n1. The van der Waals surface area contributed by atoms with E-state index in [1.165, 1.54) is 7.11 Å². The molecule has 3 aromatic rings. The van der Waals surface area contributed by atoms with Crippen molar-refractivity contribution in [1.82, 2.24) is 9.78 Å². The second-order valence-electron chi connectivity index (χ2n) is 5.72. The monoisotopic (exact) mass is 389 g/mol. The molecule has 1 aromatic heterocycles. The molecule has 1 N–H and O–H groups in total. The van der Waals surface area contributed by atoms with Gasteiger partial charge < -0.3 is 10.1 Å².